The molecule has 5 heterocycles. The summed E-state index contributed by atoms with van der Waals surface area (Å²) in [5.41, 5.74) is 7.27. The first-order chi connectivity index (χ1) is 22.2. The molecule has 0 atom stereocenters. The van der Waals surface area contributed by atoms with Crippen molar-refractivity contribution in [3.8, 4) is 22.4 Å². The summed E-state index contributed by atoms with van der Waals surface area (Å²) in [6, 6.07) is 15.1. The second-order valence-electron chi connectivity index (χ2n) is 12.7. The van der Waals surface area contributed by atoms with Crippen LogP contribution in [0.2, 0.25) is 0 Å². The summed E-state index contributed by atoms with van der Waals surface area (Å²) in [6.07, 6.45) is 7.66. The molecule has 2 fully saturated rings. The van der Waals surface area contributed by atoms with Gasteiger partial charge in [0, 0.05) is 79.4 Å². The van der Waals surface area contributed by atoms with Crippen molar-refractivity contribution in [3.05, 3.63) is 78.2 Å². The molecule has 0 spiro atoms. The molecule has 2 aromatic carbocycles. The van der Waals surface area contributed by atoms with Gasteiger partial charge in [-0.2, -0.15) is 5.10 Å². The average Bonchev–Trinajstić information content (AvgIpc) is 3.71. The molecular weight excluding hydrogens is 597 g/mol. The number of rotatable bonds is 7. The van der Waals surface area contributed by atoms with Crippen LogP contribution < -0.4 is 4.90 Å². The van der Waals surface area contributed by atoms with Gasteiger partial charge in [-0.15, -0.1) is 10.2 Å². The highest BCUT2D eigenvalue weighted by molar-refractivity contribution is 7.90. The summed E-state index contributed by atoms with van der Waals surface area (Å²) in [4.78, 5) is 7.50. The fourth-order valence-corrected chi connectivity index (χ4v) is 8.40. The molecular formula is C35H42N8O2S. The Balaban J connectivity index is 1.31. The zero-order chi connectivity index (χ0) is 32.0. The predicted molar refractivity (Wildman–Crippen MR) is 183 cm³/mol. The van der Waals surface area contributed by atoms with Gasteiger partial charge in [0.15, 0.2) is 5.65 Å². The molecule has 10 nitrogen and oxygen atoms in total. The number of piperidine rings is 1. The molecule has 7 rings (SSSR count). The summed E-state index contributed by atoms with van der Waals surface area (Å²) in [5.74, 6) is 0. The number of aryl methyl sites for hydroxylation is 2. The Labute approximate surface area is 271 Å². The zero-order valence-corrected chi connectivity index (χ0v) is 27.9. The largest absolute Gasteiger partial charge is 0.369 e. The minimum Gasteiger partial charge on any atom is -0.369 e. The first-order valence-corrected chi connectivity index (χ1v) is 17.7. The molecule has 3 aromatic heterocycles. The van der Waals surface area contributed by atoms with E-state index in [-0.39, 0.29) is 4.90 Å². The number of likely N-dealkylation sites (N-methyl/N-ethyl adjacent to an activating group) is 1. The Morgan fingerprint density at radius 1 is 0.848 bits per heavy atom. The maximum atomic E-state index is 13.9. The number of aromatic nitrogens is 5. The number of piperazine rings is 1. The highest BCUT2D eigenvalue weighted by Gasteiger charge is 2.26. The van der Waals surface area contributed by atoms with Gasteiger partial charge in [-0.05, 0) is 81.7 Å². The topological polar surface area (TPSA) is 92.4 Å². The molecule has 0 unspecified atom stereocenters. The summed E-state index contributed by atoms with van der Waals surface area (Å²) in [7, 11) is -1.75. The van der Waals surface area contributed by atoms with E-state index in [4.69, 9.17) is 5.10 Å². The predicted octanol–water partition coefficient (Wildman–Crippen LogP) is 5.22. The van der Waals surface area contributed by atoms with Crippen LogP contribution in [0.4, 0.5) is 5.69 Å². The summed E-state index contributed by atoms with van der Waals surface area (Å²) >= 11 is 0. The maximum absolute atomic E-state index is 13.9. The van der Waals surface area contributed by atoms with E-state index in [2.05, 4.69) is 75.7 Å². The monoisotopic (exact) mass is 638 g/mol. The molecule has 240 valence electrons. The summed E-state index contributed by atoms with van der Waals surface area (Å²) in [5, 5.41) is 14.7. The lowest BCUT2D eigenvalue weighted by Gasteiger charge is -2.36. The van der Waals surface area contributed by atoms with Crippen LogP contribution in [0.15, 0.2) is 72.0 Å². The molecule has 0 N–H and O–H groups in total. The minimum absolute atomic E-state index is 0.202. The SMILES string of the molecule is CCN1CCC(n2cc(-c3cn(S(=O)(=O)c4ccccc4)c4nnc(-c5cc(C)c(N6CCN(C)CC6)c(C)c5)cc34)cn2)CC1. The number of anilines is 1. The molecule has 0 saturated carbocycles. The van der Waals surface area contributed by atoms with E-state index in [9.17, 15) is 8.42 Å². The molecule has 11 heteroatoms. The van der Waals surface area contributed by atoms with Gasteiger partial charge in [-0.25, -0.2) is 12.4 Å². The molecule has 2 aliphatic heterocycles. The van der Waals surface area contributed by atoms with E-state index in [0.717, 1.165) is 80.7 Å². The van der Waals surface area contributed by atoms with Gasteiger partial charge in [0.05, 0.1) is 22.8 Å². The molecule has 2 aliphatic rings. The van der Waals surface area contributed by atoms with Gasteiger partial charge >= 0.3 is 0 Å². The van der Waals surface area contributed by atoms with E-state index in [1.807, 2.05) is 18.3 Å². The summed E-state index contributed by atoms with van der Waals surface area (Å²) < 4.78 is 31.2. The average molecular weight is 639 g/mol. The third-order valence-electron chi connectivity index (χ3n) is 9.72. The number of likely N-dealkylation sites (tertiary alicyclic amines) is 1. The zero-order valence-electron chi connectivity index (χ0n) is 27.1. The van der Waals surface area contributed by atoms with Crippen LogP contribution in [0.3, 0.4) is 0 Å². The van der Waals surface area contributed by atoms with E-state index in [1.54, 1.807) is 30.5 Å². The van der Waals surface area contributed by atoms with Gasteiger partial charge in [-0.3, -0.25) is 4.68 Å². The molecule has 0 aliphatic carbocycles. The van der Waals surface area contributed by atoms with Crippen molar-refractivity contribution in [1.29, 1.82) is 0 Å². The van der Waals surface area contributed by atoms with Crippen molar-refractivity contribution >= 4 is 26.7 Å². The summed E-state index contributed by atoms with van der Waals surface area (Å²) in [6.45, 7) is 13.8. The van der Waals surface area contributed by atoms with Gasteiger partial charge in [0.1, 0.15) is 0 Å². The number of hydrogen-bond donors (Lipinski definition) is 0. The van der Waals surface area contributed by atoms with E-state index in [1.165, 1.54) is 20.8 Å². The van der Waals surface area contributed by atoms with Crippen molar-refractivity contribution in [3.63, 3.8) is 0 Å². The van der Waals surface area contributed by atoms with E-state index >= 15 is 0 Å². The first kappa shape index (κ1) is 30.6. The van der Waals surface area contributed by atoms with Gasteiger partial charge in [0.2, 0.25) is 0 Å². The lowest BCUT2D eigenvalue weighted by molar-refractivity contribution is 0.187. The standard InChI is InChI=1S/C35H42N8O2S/c1-5-40-13-11-29(12-14-40)42-23-28(22-36-42)32-24-43(46(44,45)30-9-7-6-8-10-30)35-31(32)21-33(37-38-35)27-19-25(2)34(26(3)20-27)41-17-15-39(4)16-18-41/h6-10,19-24,29H,5,11-18H2,1-4H3. The Kier molecular flexibility index (Phi) is 8.16. The Hall–Kier alpha value is -4.06. The molecule has 0 bridgehead atoms. The molecule has 46 heavy (non-hydrogen) atoms. The smallest absolute Gasteiger partial charge is 0.269 e. The fourth-order valence-electron chi connectivity index (χ4n) is 7.06. The van der Waals surface area contributed by atoms with Crippen LogP contribution in [-0.4, -0.2) is 95.0 Å². The normalized spacial score (nSPS) is 17.3. The van der Waals surface area contributed by atoms with Crippen molar-refractivity contribution < 1.29 is 8.42 Å². The highest BCUT2D eigenvalue weighted by atomic mass is 32.2. The van der Waals surface area contributed by atoms with Crippen LogP contribution in [0.25, 0.3) is 33.4 Å². The second kappa shape index (κ2) is 12.3. The molecule has 0 amide bonds. The fraction of sp³-hybridized carbons (Fsp3) is 0.400. The van der Waals surface area contributed by atoms with Crippen molar-refractivity contribution in [2.24, 2.45) is 0 Å². The Morgan fingerprint density at radius 2 is 1.54 bits per heavy atom. The van der Waals surface area contributed by atoms with Gasteiger partial charge < -0.3 is 14.7 Å². The Morgan fingerprint density at radius 3 is 2.22 bits per heavy atom. The lowest BCUT2D eigenvalue weighted by atomic mass is 9.99. The van der Waals surface area contributed by atoms with Crippen molar-refractivity contribution in [2.45, 2.75) is 44.6 Å². The van der Waals surface area contributed by atoms with Crippen LogP contribution in [0.1, 0.15) is 36.9 Å². The van der Waals surface area contributed by atoms with Gasteiger partial charge in [0.25, 0.3) is 10.0 Å². The number of fused-ring (bicyclic) bond motifs is 1. The number of nitrogens with zero attached hydrogens (tertiary/aromatic N) is 8. The molecule has 5 aromatic rings. The van der Waals surface area contributed by atoms with Crippen LogP contribution in [0, 0.1) is 13.8 Å². The van der Waals surface area contributed by atoms with Crippen molar-refractivity contribution in [1.82, 2.24) is 33.8 Å². The number of hydrogen-bond acceptors (Lipinski definition) is 8. The first-order valence-electron chi connectivity index (χ1n) is 16.2. The quantitative estimate of drug-likeness (QED) is 0.240. The van der Waals surface area contributed by atoms with E-state index < -0.39 is 10.0 Å². The van der Waals surface area contributed by atoms with Gasteiger partial charge in [-0.1, -0.05) is 25.1 Å². The Bertz CT molecular complexity index is 1950. The maximum Gasteiger partial charge on any atom is 0.269 e. The van der Waals surface area contributed by atoms with Crippen molar-refractivity contribution in [2.75, 3.05) is 57.8 Å². The van der Waals surface area contributed by atoms with Crippen LogP contribution in [-0.2, 0) is 10.0 Å². The molecule has 2 saturated heterocycles. The van der Waals surface area contributed by atoms with Crippen LogP contribution >= 0.6 is 0 Å². The minimum atomic E-state index is -3.92. The third-order valence-corrected chi connectivity index (χ3v) is 11.4. The van der Waals surface area contributed by atoms with E-state index in [0.29, 0.717) is 17.4 Å². The second-order valence-corrected chi connectivity index (χ2v) is 14.6. The third kappa shape index (κ3) is 5.61. The number of benzene rings is 2. The molecule has 0 radical (unpaired) electrons. The van der Waals surface area contributed by atoms with Crippen LogP contribution in [0.5, 0.6) is 0 Å². The lowest BCUT2D eigenvalue weighted by Crippen LogP contribution is -2.45. The highest BCUT2D eigenvalue weighted by Crippen LogP contribution is 2.36.